The van der Waals surface area contributed by atoms with Gasteiger partial charge in [0.1, 0.15) is 11.6 Å². The highest BCUT2D eigenvalue weighted by Gasteiger charge is 2.31. The van der Waals surface area contributed by atoms with Crippen LogP contribution in [0.15, 0.2) is 18.2 Å². The third-order valence-corrected chi connectivity index (χ3v) is 2.40. The van der Waals surface area contributed by atoms with Crippen molar-refractivity contribution in [1.82, 2.24) is 9.97 Å². The highest BCUT2D eigenvalue weighted by molar-refractivity contribution is 5.77. The predicted molar refractivity (Wildman–Crippen MR) is 61.5 cm³/mol. The van der Waals surface area contributed by atoms with E-state index >= 15 is 0 Å². The van der Waals surface area contributed by atoms with E-state index in [4.69, 9.17) is 0 Å². The van der Waals surface area contributed by atoms with E-state index in [1.54, 1.807) is 0 Å². The van der Waals surface area contributed by atoms with Crippen LogP contribution in [-0.4, -0.2) is 16.3 Å². The van der Waals surface area contributed by atoms with Crippen LogP contribution in [0.25, 0.3) is 11.0 Å². The summed E-state index contributed by atoms with van der Waals surface area (Å²) >= 11 is 0. The summed E-state index contributed by atoms with van der Waals surface area (Å²) in [5.41, 5.74) is 0.959. The first kappa shape index (κ1) is 12.7. The lowest BCUT2D eigenvalue weighted by atomic mass is 9.96. The minimum Gasteiger partial charge on any atom is -0.406 e. The monoisotopic (exact) mass is 258 g/mol. The molecule has 0 aliphatic rings. The van der Waals surface area contributed by atoms with Crippen molar-refractivity contribution in [2.24, 2.45) is 0 Å². The molecule has 2 rings (SSSR count). The van der Waals surface area contributed by atoms with Crippen LogP contribution < -0.4 is 4.74 Å². The van der Waals surface area contributed by atoms with Crippen LogP contribution in [0.2, 0.25) is 0 Å². The van der Waals surface area contributed by atoms with Gasteiger partial charge in [0, 0.05) is 11.5 Å². The van der Waals surface area contributed by atoms with E-state index < -0.39 is 6.36 Å². The Morgan fingerprint density at radius 1 is 1.17 bits per heavy atom. The lowest BCUT2D eigenvalue weighted by Crippen LogP contribution is -2.16. The minimum absolute atomic E-state index is 0.190. The van der Waals surface area contributed by atoms with Gasteiger partial charge in [-0.25, -0.2) is 4.98 Å². The minimum atomic E-state index is -4.68. The van der Waals surface area contributed by atoms with Crippen LogP contribution in [-0.2, 0) is 5.41 Å². The van der Waals surface area contributed by atoms with Crippen molar-refractivity contribution in [2.45, 2.75) is 32.5 Å². The number of ether oxygens (including phenoxy) is 1. The van der Waals surface area contributed by atoms with E-state index in [1.165, 1.54) is 18.2 Å². The summed E-state index contributed by atoms with van der Waals surface area (Å²) < 4.78 is 40.1. The predicted octanol–water partition coefficient (Wildman–Crippen LogP) is 3.76. The van der Waals surface area contributed by atoms with Gasteiger partial charge in [-0.3, -0.25) is 0 Å². The summed E-state index contributed by atoms with van der Waals surface area (Å²) in [6.45, 7) is 5.91. The quantitative estimate of drug-likeness (QED) is 0.845. The Labute approximate surface area is 102 Å². The van der Waals surface area contributed by atoms with Gasteiger partial charge in [-0.05, 0) is 12.1 Å². The van der Waals surface area contributed by atoms with Crippen molar-refractivity contribution in [3.63, 3.8) is 0 Å². The molecule has 0 aliphatic heterocycles. The van der Waals surface area contributed by atoms with E-state index in [2.05, 4.69) is 14.7 Å². The number of nitrogens with zero attached hydrogens (tertiary/aromatic N) is 1. The number of aromatic amines is 1. The Bertz CT molecular complexity index is 567. The molecule has 0 spiro atoms. The number of nitrogens with one attached hydrogen (secondary N) is 1. The summed E-state index contributed by atoms with van der Waals surface area (Å²) in [4.78, 5) is 7.35. The van der Waals surface area contributed by atoms with Crippen molar-refractivity contribution < 1.29 is 17.9 Å². The molecule has 0 atom stereocenters. The second kappa shape index (κ2) is 3.90. The molecule has 0 radical (unpaired) electrons. The second-order valence-corrected chi connectivity index (χ2v) is 5.06. The van der Waals surface area contributed by atoms with Gasteiger partial charge >= 0.3 is 6.36 Å². The number of benzene rings is 1. The van der Waals surface area contributed by atoms with Gasteiger partial charge in [-0.15, -0.1) is 13.2 Å². The SMILES string of the molecule is CC(C)(C)c1nc2cc(OC(F)(F)F)ccc2[nH]1. The first-order chi connectivity index (χ1) is 8.15. The average molecular weight is 258 g/mol. The van der Waals surface area contributed by atoms with E-state index in [0.29, 0.717) is 11.0 Å². The van der Waals surface area contributed by atoms with Crippen LogP contribution in [0.3, 0.4) is 0 Å². The summed E-state index contributed by atoms with van der Waals surface area (Å²) in [7, 11) is 0. The fourth-order valence-electron chi connectivity index (χ4n) is 1.54. The summed E-state index contributed by atoms with van der Waals surface area (Å²) in [6, 6.07) is 4.06. The molecule has 1 N–H and O–H groups in total. The summed E-state index contributed by atoms with van der Waals surface area (Å²) in [6.07, 6.45) is -4.68. The highest BCUT2D eigenvalue weighted by atomic mass is 19.4. The molecular formula is C12H13F3N2O. The van der Waals surface area contributed by atoms with Gasteiger partial charge in [0.15, 0.2) is 0 Å². The summed E-state index contributed by atoms with van der Waals surface area (Å²) in [5, 5.41) is 0. The van der Waals surface area contributed by atoms with Crippen LogP contribution in [0.4, 0.5) is 13.2 Å². The van der Waals surface area contributed by atoms with E-state index in [0.717, 1.165) is 5.82 Å². The summed E-state index contributed by atoms with van der Waals surface area (Å²) in [5.74, 6) is 0.462. The normalized spacial score (nSPS) is 13.0. The number of rotatable bonds is 1. The molecule has 0 unspecified atom stereocenters. The number of imidazole rings is 1. The average Bonchev–Trinajstić information content (AvgIpc) is 2.57. The molecule has 0 amide bonds. The van der Waals surface area contributed by atoms with Crippen molar-refractivity contribution >= 4 is 11.0 Å². The number of hydrogen-bond donors (Lipinski definition) is 1. The zero-order valence-corrected chi connectivity index (χ0v) is 10.2. The van der Waals surface area contributed by atoms with E-state index in [1.807, 2.05) is 20.8 Å². The maximum absolute atomic E-state index is 12.1. The van der Waals surface area contributed by atoms with Crippen molar-refractivity contribution in [2.75, 3.05) is 0 Å². The first-order valence-electron chi connectivity index (χ1n) is 5.41. The lowest BCUT2D eigenvalue weighted by Gasteiger charge is -2.13. The third-order valence-electron chi connectivity index (χ3n) is 2.40. The molecule has 18 heavy (non-hydrogen) atoms. The molecule has 1 aromatic carbocycles. The van der Waals surface area contributed by atoms with Gasteiger partial charge in [0.2, 0.25) is 0 Å². The van der Waals surface area contributed by atoms with Gasteiger partial charge in [-0.2, -0.15) is 0 Å². The standard InChI is InChI=1S/C12H13F3N2O/c1-11(2,3)10-16-8-5-4-7(6-9(8)17-10)18-12(13,14)15/h4-6H,1-3H3,(H,16,17). The Balaban J connectivity index is 2.40. The Kier molecular flexibility index (Phi) is 2.76. The largest absolute Gasteiger partial charge is 0.573 e. The number of fused-ring (bicyclic) bond motifs is 1. The molecule has 1 aromatic heterocycles. The maximum atomic E-state index is 12.1. The zero-order chi connectivity index (χ0) is 13.6. The number of hydrogen-bond acceptors (Lipinski definition) is 2. The molecule has 0 bridgehead atoms. The van der Waals surface area contributed by atoms with Gasteiger partial charge in [0.05, 0.1) is 11.0 Å². The van der Waals surface area contributed by atoms with Crippen LogP contribution in [0.5, 0.6) is 5.75 Å². The third kappa shape index (κ3) is 2.75. The van der Waals surface area contributed by atoms with Gasteiger partial charge < -0.3 is 9.72 Å². The highest BCUT2D eigenvalue weighted by Crippen LogP contribution is 2.27. The fourth-order valence-corrected chi connectivity index (χ4v) is 1.54. The fraction of sp³-hybridized carbons (Fsp3) is 0.417. The van der Waals surface area contributed by atoms with E-state index in [9.17, 15) is 13.2 Å². The van der Waals surface area contributed by atoms with E-state index in [-0.39, 0.29) is 11.2 Å². The van der Waals surface area contributed by atoms with Crippen LogP contribution in [0, 0.1) is 0 Å². The Morgan fingerprint density at radius 3 is 2.39 bits per heavy atom. The molecular weight excluding hydrogens is 245 g/mol. The van der Waals surface area contributed by atoms with Crippen molar-refractivity contribution in [3.8, 4) is 5.75 Å². The lowest BCUT2D eigenvalue weighted by molar-refractivity contribution is -0.274. The zero-order valence-electron chi connectivity index (χ0n) is 10.2. The maximum Gasteiger partial charge on any atom is 0.573 e. The topological polar surface area (TPSA) is 37.9 Å². The van der Waals surface area contributed by atoms with Gasteiger partial charge in [0.25, 0.3) is 0 Å². The molecule has 6 heteroatoms. The number of aromatic nitrogens is 2. The first-order valence-corrected chi connectivity index (χ1v) is 5.41. The molecule has 0 saturated heterocycles. The van der Waals surface area contributed by atoms with Crippen LogP contribution in [0.1, 0.15) is 26.6 Å². The molecule has 0 fully saturated rings. The molecule has 3 nitrogen and oxygen atoms in total. The molecule has 0 aliphatic carbocycles. The smallest absolute Gasteiger partial charge is 0.406 e. The molecule has 0 saturated carbocycles. The number of H-pyrrole nitrogens is 1. The Hall–Kier alpha value is -1.72. The molecule has 1 heterocycles. The second-order valence-electron chi connectivity index (χ2n) is 5.06. The van der Waals surface area contributed by atoms with Crippen LogP contribution >= 0.6 is 0 Å². The number of alkyl halides is 3. The number of halogens is 3. The molecule has 98 valence electrons. The van der Waals surface area contributed by atoms with Crippen molar-refractivity contribution in [3.05, 3.63) is 24.0 Å². The van der Waals surface area contributed by atoms with Crippen molar-refractivity contribution in [1.29, 1.82) is 0 Å². The van der Waals surface area contributed by atoms with Gasteiger partial charge in [-0.1, -0.05) is 20.8 Å². The molecule has 2 aromatic rings. The Morgan fingerprint density at radius 2 is 1.83 bits per heavy atom.